The van der Waals surface area contributed by atoms with Gasteiger partial charge >= 0.3 is 0 Å². The highest BCUT2D eigenvalue weighted by atomic mass is 15.1. The van der Waals surface area contributed by atoms with Gasteiger partial charge in [0.15, 0.2) is 17.0 Å². The Morgan fingerprint density at radius 3 is 2.55 bits per heavy atom. The molecule has 4 N–H and O–H groups in total. The molecule has 3 rings (SSSR count). The number of benzene rings is 1. The van der Waals surface area contributed by atoms with Gasteiger partial charge in [-0.15, -0.1) is 0 Å². The minimum atomic E-state index is 0.105. The molecule has 3 aromatic rings. The Labute approximate surface area is 128 Å². The molecule has 0 fully saturated rings. The standard InChI is InChI=1S/C15H17N7/c1-22(8-10-5-3-2-4-6-10)9-11-7-18-14-12(19-11)13(16)20-15(17)21-14/h2-7H,8-9H2,1H3,(H4,16,17,18,20,21). The monoisotopic (exact) mass is 295 g/mol. The fourth-order valence-electron chi connectivity index (χ4n) is 2.29. The first-order chi connectivity index (χ1) is 10.6. The molecule has 0 saturated heterocycles. The Morgan fingerprint density at radius 1 is 1.00 bits per heavy atom. The number of nitrogens with two attached hydrogens (primary N) is 2. The topological polar surface area (TPSA) is 107 Å². The molecule has 0 unspecified atom stereocenters. The Hall–Kier alpha value is -2.80. The molecule has 0 aliphatic heterocycles. The van der Waals surface area contributed by atoms with E-state index in [1.807, 2.05) is 25.2 Å². The molecule has 0 bridgehead atoms. The van der Waals surface area contributed by atoms with Gasteiger partial charge in [-0.2, -0.15) is 9.97 Å². The van der Waals surface area contributed by atoms with Crippen LogP contribution >= 0.6 is 0 Å². The summed E-state index contributed by atoms with van der Waals surface area (Å²) in [6.07, 6.45) is 1.69. The van der Waals surface area contributed by atoms with Crippen molar-refractivity contribution >= 4 is 22.9 Å². The summed E-state index contributed by atoms with van der Waals surface area (Å²) in [6, 6.07) is 10.3. The van der Waals surface area contributed by atoms with Crippen molar-refractivity contribution in [1.29, 1.82) is 0 Å². The van der Waals surface area contributed by atoms with Crippen LogP contribution in [0.2, 0.25) is 0 Å². The first kappa shape index (κ1) is 14.2. The van der Waals surface area contributed by atoms with Crippen molar-refractivity contribution < 1.29 is 0 Å². The van der Waals surface area contributed by atoms with E-state index >= 15 is 0 Å². The van der Waals surface area contributed by atoms with Crippen LogP contribution in [0.4, 0.5) is 11.8 Å². The van der Waals surface area contributed by atoms with Crippen LogP contribution in [-0.2, 0) is 13.1 Å². The van der Waals surface area contributed by atoms with E-state index < -0.39 is 0 Å². The summed E-state index contributed by atoms with van der Waals surface area (Å²) in [5.41, 5.74) is 14.3. The smallest absolute Gasteiger partial charge is 0.224 e. The molecule has 0 radical (unpaired) electrons. The lowest BCUT2D eigenvalue weighted by Gasteiger charge is -2.16. The second-order valence-electron chi connectivity index (χ2n) is 5.16. The van der Waals surface area contributed by atoms with Gasteiger partial charge in [0.2, 0.25) is 5.95 Å². The predicted octanol–water partition coefficient (Wildman–Crippen LogP) is 1.22. The fourth-order valence-corrected chi connectivity index (χ4v) is 2.29. The van der Waals surface area contributed by atoms with Crippen molar-refractivity contribution in [2.45, 2.75) is 13.1 Å². The number of aromatic nitrogens is 4. The predicted molar refractivity (Wildman–Crippen MR) is 85.6 cm³/mol. The molecule has 2 aromatic heterocycles. The zero-order valence-corrected chi connectivity index (χ0v) is 12.3. The van der Waals surface area contributed by atoms with Crippen LogP contribution in [0.3, 0.4) is 0 Å². The van der Waals surface area contributed by atoms with Gasteiger partial charge in [0.1, 0.15) is 0 Å². The maximum Gasteiger partial charge on any atom is 0.224 e. The van der Waals surface area contributed by atoms with Crippen molar-refractivity contribution in [3.63, 3.8) is 0 Å². The van der Waals surface area contributed by atoms with Crippen LogP contribution in [-0.4, -0.2) is 31.9 Å². The molecule has 7 nitrogen and oxygen atoms in total. The summed E-state index contributed by atoms with van der Waals surface area (Å²) in [5, 5.41) is 0. The molecule has 22 heavy (non-hydrogen) atoms. The van der Waals surface area contributed by atoms with Crippen molar-refractivity contribution in [3.8, 4) is 0 Å². The van der Waals surface area contributed by atoms with E-state index in [-0.39, 0.29) is 11.8 Å². The van der Waals surface area contributed by atoms with Crippen LogP contribution in [0.25, 0.3) is 11.2 Å². The Bertz CT molecular complexity index is 789. The van der Waals surface area contributed by atoms with Gasteiger partial charge in [-0.1, -0.05) is 30.3 Å². The van der Waals surface area contributed by atoms with Crippen LogP contribution in [0.1, 0.15) is 11.3 Å². The van der Waals surface area contributed by atoms with E-state index in [1.165, 1.54) is 5.56 Å². The number of fused-ring (bicyclic) bond motifs is 1. The quantitative estimate of drug-likeness (QED) is 0.745. The maximum atomic E-state index is 5.83. The van der Waals surface area contributed by atoms with Gasteiger partial charge < -0.3 is 11.5 Å². The number of hydrogen-bond donors (Lipinski definition) is 2. The van der Waals surface area contributed by atoms with Gasteiger partial charge in [0, 0.05) is 13.1 Å². The first-order valence-corrected chi connectivity index (χ1v) is 6.89. The third kappa shape index (κ3) is 3.09. The molecule has 7 heteroatoms. The number of rotatable bonds is 4. The summed E-state index contributed by atoms with van der Waals surface area (Å²) in [7, 11) is 2.03. The third-order valence-electron chi connectivity index (χ3n) is 3.23. The fraction of sp³-hybridized carbons (Fsp3) is 0.200. The molecule has 0 atom stereocenters. The molecule has 0 saturated carbocycles. The summed E-state index contributed by atoms with van der Waals surface area (Å²) in [6.45, 7) is 1.48. The third-order valence-corrected chi connectivity index (χ3v) is 3.23. The van der Waals surface area contributed by atoms with Crippen LogP contribution < -0.4 is 11.5 Å². The highest BCUT2D eigenvalue weighted by Gasteiger charge is 2.09. The molecule has 2 heterocycles. The Morgan fingerprint density at radius 2 is 1.77 bits per heavy atom. The minimum absolute atomic E-state index is 0.105. The molecule has 0 spiro atoms. The average molecular weight is 295 g/mol. The van der Waals surface area contributed by atoms with Gasteiger partial charge in [0.05, 0.1) is 11.9 Å². The van der Waals surface area contributed by atoms with Gasteiger partial charge in [-0.3, -0.25) is 4.90 Å². The molecular formula is C15H17N7. The summed E-state index contributed by atoms with van der Waals surface area (Å²) in [4.78, 5) is 18.8. The molecular weight excluding hydrogens is 278 g/mol. The van der Waals surface area contributed by atoms with Crippen molar-refractivity contribution in [2.75, 3.05) is 18.5 Å². The van der Waals surface area contributed by atoms with Crippen molar-refractivity contribution in [3.05, 3.63) is 47.8 Å². The second kappa shape index (κ2) is 5.90. The van der Waals surface area contributed by atoms with E-state index in [9.17, 15) is 0 Å². The van der Waals surface area contributed by atoms with Crippen LogP contribution in [0, 0.1) is 0 Å². The largest absolute Gasteiger partial charge is 0.382 e. The lowest BCUT2D eigenvalue weighted by Crippen LogP contribution is -2.18. The molecule has 1 aromatic carbocycles. The first-order valence-electron chi connectivity index (χ1n) is 6.89. The molecule has 112 valence electrons. The van der Waals surface area contributed by atoms with E-state index in [4.69, 9.17) is 11.5 Å². The van der Waals surface area contributed by atoms with E-state index in [2.05, 4.69) is 37.0 Å². The Kier molecular flexibility index (Phi) is 3.80. The SMILES string of the molecule is CN(Cc1ccccc1)Cc1cnc2nc(N)nc(N)c2n1. The average Bonchev–Trinajstić information content (AvgIpc) is 2.49. The van der Waals surface area contributed by atoms with Gasteiger partial charge in [-0.25, -0.2) is 9.97 Å². The summed E-state index contributed by atoms with van der Waals surface area (Å²) < 4.78 is 0. The minimum Gasteiger partial charge on any atom is -0.382 e. The van der Waals surface area contributed by atoms with Crippen LogP contribution in [0.5, 0.6) is 0 Å². The second-order valence-corrected chi connectivity index (χ2v) is 5.16. The number of anilines is 2. The number of nitrogens with zero attached hydrogens (tertiary/aromatic N) is 5. The van der Waals surface area contributed by atoms with Gasteiger partial charge in [0.25, 0.3) is 0 Å². The molecule has 0 aliphatic rings. The van der Waals surface area contributed by atoms with E-state index in [1.54, 1.807) is 6.20 Å². The van der Waals surface area contributed by atoms with Crippen molar-refractivity contribution in [2.24, 2.45) is 0 Å². The number of hydrogen-bond acceptors (Lipinski definition) is 7. The van der Waals surface area contributed by atoms with Crippen molar-refractivity contribution in [1.82, 2.24) is 24.8 Å². The maximum absolute atomic E-state index is 5.83. The highest BCUT2D eigenvalue weighted by molar-refractivity contribution is 5.81. The highest BCUT2D eigenvalue weighted by Crippen LogP contribution is 2.15. The zero-order chi connectivity index (χ0) is 15.5. The van der Waals surface area contributed by atoms with Gasteiger partial charge in [-0.05, 0) is 12.6 Å². The molecule has 0 amide bonds. The normalized spacial score (nSPS) is 11.2. The van der Waals surface area contributed by atoms with Crippen LogP contribution in [0.15, 0.2) is 36.5 Å². The lowest BCUT2D eigenvalue weighted by atomic mass is 10.2. The Balaban J connectivity index is 1.79. The lowest BCUT2D eigenvalue weighted by molar-refractivity contribution is 0.315. The van der Waals surface area contributed by atoms with E-state index in [0.717, 1.165) is 12.2 Å². The molecule has 0 aliphatic carbocycles. The summed E-state index contributed by atoms with van der Waals surface area (Å²) in [5.74, 6) is 0.357. The zero-order valence-electron chi connectivity index (χ0n) is 12.3. The number of nitrogen functional groups attached to an aromatic ring is 2. The van der Waals surface area contributed by atoms with E-state index in [0.29, 0.717) is 17.7 Å². The summed E-state index contributed by atoms with van der Waals surface area (Å²) >= 11 is 0.